The topological polar surface area (TPSA) is 58.6 Å². The smallest absolute Gasteiger partial charge is 0.409 e. The van der Waals surface area contributed by atoms with Gasteiger partial charge >= 0.3 is 6.09 Å². The van der Waals surface area contributed by atoms with Crippen molar-refractivity contribution in [3.8, 4) is 0 Å². The largest absolute Gasteiger partial charge is 0.448 e. The molecule has 0 bridgehead atoms. The van der Waals surface area contributed by atoms with Crippen molar-refractivity contribution >= 4 is 12.0 Å². The van der Waals surface area contributed by atoms with Crippen LogP contribution in [0.4, 0.5) is 4.79 Å². The minimum atomic E-state index is -0.307. The van der Waals surface area contributed by atoms with Gasteiger partial charge in [0.25, 0.3) is 5.91 Å². The summed E-state index contributed by atoms with van der Waals surface area (Å²) in [6.45, 7) is 1.95. The molecule has 0 radical (unpaired) electrons. The molecule has 0 aromatic heterocycles. The van der Waals surface area contributed by atoms with Crippen molar-refractivity contribution in [3.63, 3.8) is 0 Å². The summed E-state index contributed by atoms with van der Waals surface area (Å²) in [7, 11) is 0. The molecule has 5 heteroatoms. The number of hydrogen-bond acceptors (Lipinski definition) is 3. The molecule has 1 aliphatic heterocycles. The highest BCUT2D eigenvalue weighted by Crippen LogP contribution is 2.02. The standard InChI is InChI=1S/C12H14N2O3/c15-11(10-4-2-1-3-5-10)13-6-7-14-8-9-17-12(14)16/h1-5H,6-9H2,(H,13,15). The van der Waals surface area contributed by atoms with Crippen molar-refractivity contribution in [1.82, 2.24) is 10.2 Å². The number of amides is 2. The van der Waals surface area contributed by atoms with Crippen LogP contribution in [0.2, 0.25) is 0 Å². The number of hydrogen-bond donors (Lipinski definition) is 1. The first-order valence-corrected chi connectivity index (χ1v) is 5.52. The van der Waals surface area contributed by atoms with E-state index in [2.05, 4.69) is 5.32 Å². The quantitative estimate of drug-likeness (QED) is 0.841. The van der Waals surface area contributed by atoms with Crippen molar-refractivity contribution < 1.29 is 14.3 Å². The zero-order valence-corrected chi connectivity index (χ0v) is 9.39. The van der Waals surface area contributed by atoms with E-state index in [1.165, 1.54) is 0 Å². The molecule has 0 saturated carbocycles. The molecule has 2 rings (SSSR count). The van der Waals surface area contributed by atoms with Crippen LogP contribution < -0.4 is 5.32 Å². The number of nitrogens with zero attached hydrogens (tertiary/aromatic N) is 1. The first kappa shape index (κ1) is 11.4. The van der Waals surface area contributed by atoms with E-state index in [1.54, 1.807) is 17.0 Å². The fourth-order valence-corrected chi connectivity index (χ4v) is 1.62. The molecule has 90 valence electrons. The number of nitrogens with one attached hydrogen (secondary N) is 1. The van der Waals surface area contributed by atoms with E-state index < -0.39 is 0 Å². The highest BCUT2D eigenvalue weighted by atomic mass is 16.6. The number of carbonyl (C=O) groups is 2. The molecular formula is C12H14N2O3. The van der Waals surface area contributed by atoms with Gasteiger partial charge in [-0.25, -0.2) is 4.79 Å². The summed E-state index contributed by atoms with van der Waals surface area (Å²) in [5.41, 5.74) is 0.622. The summed E-state index contributed by atoms with van der Waals surface area (Å²) >= 11 is 0. The molecule has 0 spiro atoms. The third-order valence-electron chi connectivity index (χ3n) is 2.55. The summed E-state index contributed by atoms with van der Waals surface area (Å²) in [5, 5.41) is 2.76. The van der Waals surface area contributed by atoms with Gasteiger partial charge in [0, 0.05) is 18.7 Å². The lowest BCUT2D eigenvalue weighted by Crippen LogP contribution is -2.35. The highest BCUT2D eigenvalue weighted by molar-refractivity contribution is 5.94. The van der Waals surface area contributed by atoms with E-state index in [9.17, 15) is 9.59 Å². The second-order valence-corrected chi connectivity index (χ2v) is 3.72. The van der Waals surface area contributed by atoms with Gasteiger partial charge in [-0.15, -0.1) is 0 Å². The molecule has 1 aliphatic rings. The molecule has 0 unspecified atom stereocenters. The summed E-state index contributed by atoms with van der Waals surface area (Å²) in [6.07, 6.45) is -0.307. The zero-order valence-electron chi connectivity index (χ0n) is 9.39. The predicted molar refractivity (Wildman–Crippen MR) is 61.7 cm³/mol. The van der Waals surface area contributed by atoms with E-state index in [1.807, 2.05) is 18.2 Å². The van der Waals surface area contributed by atoms with E-state index in [0.29, 0.717) is 31.8 Å². The van der Waals surface area contributed by atoms with E-state index >= 15 is 0 Å². The minimum absolute atomic E-state index is 0.127. The zero-order chi connectivity index (χ0) is 12.1. The Labute approximate surface area is 99.4 Å². The number of carbonyl (C=O) groups excluding carboxylic acids is 2. The van der Waals surface area contributed by atoms with Crippen LogP contribution in [0.25, 0.3) is 0 Å². The molecule has 1 heterocycles. The van der Waals surface area contributed by atoms with Crippen molar-refractivity contribution in [2.45, 2.75) is 0 Å². The van der Waals surface area contributed by atoms with Crippen molar-refractivity contribution in [2.75, 3.05) is 26.2 Å². The van der Waals surface area contributed by atoms with Gasteiger partial charge in [-0.2, -0.15) is 0 Å². The van der Waals surface area contributed by atoms with Gasteiger partial charge < -0.3 is 15.0 Å². The molecule has 2 amide bonds. The molecule has 1 aromatic rings. The van der Waals surface area contributed by atoms with Gasteiger partial charge in [0.1, 0.15) is 6.61 Å². The average molecular weight is 234 g/mol. The summed E-state index contributed by atoms with van der Waals surface area (Å²) in [5.74, 6) is -0.127. The molecule has 5 nitrogen and oxygen atoms in total. The van der Waals surface area contributed by atoms with Gasteiger partial charge in [-0.05, 0) is 12.1 Å². The normalized spacial score (nSPS) is 14.6. The van der Waals surface area contributed by atoms with Crippen LogP contribution in [-0.2, 0) is 4.74 Å². The maximum Gasteiger partial charge on any atom is 0.409 e. The van der Waals surface area contributed by atoms with Gasteiger partial charge in [0.2, 0.25) is 0 Å². The van der Waals surface area contributed by atoms with Gasteiger partial charge in [-0.1, -0.05) is 18.2 Å². The fourth-order valence-electron chi connectivity index (χ4n) is 1.62. The lowest BCUT2D eigenvalue weighted by molar-refractivity contribution is 0.0949. The Balaban J connectivity index is 1.75. The molecule has 17 heavy (non-hydrogen) atoms. The van der Waals surface area contributed by atoms with Crippen LogP contribution in [-0.4, -0.2) is 43.1 Å². The van der Waals surface area contributed by atoms with Crippen LogP contribution in [0.1, 0.15) is 10.4 Å². The molecule has 1 saturated heterocycles. The number of benzene rings is 1. The Morgan fingerprint density at radius 2 is 2.12 bits per heavy atom. The Bertz CT molecular complexity index is 405. The van der Waals surface area contributed by atoms with E-state index in [-0.39, 0.29) is 12.0 Å². The Morgan fingerprint density at radius 3 is 2.76 bits per heavy atom. The van der Waals surface area contributed by atoms with Crippen LogP contribution >= 0.6 is 0 Å². The fraction of sp³-hybridized carbons (Fsp3) is 0.333. The SMILES string of the molecule is O=C(NCCN1CCOC1=O)c1ccccc1. The second kappa shape index (κ2) is 5.34. The first-order chi connectivity index (χ1) is 8.27. The van der Waals surface area contributed by atoms with Gasteiger partial charge in [-0.3, -0.25) is 4.79 Å². The molecule has 1 fully saturated rings. The molecule has 1 aromatic carbocycles. The summed E-state index contributed by atoms with van der Waals surface area (Å²) < 4.78 is 4.78. The van der Waals surface area contributed by atoms with Crippen LogP contribution in [0.15, 0.2) is 30.3 Å². The van der Waals surface area contributed by atoms with Crippen molar-refractivity contribution in [2.24, 2.45) is 0 Å². The Hall–Kier alpha value is -2.04. The van der Waals surface area contributed by atoms with E-state index in [4.69, 9.17) is 4.74 Å². The van der Waals surface area contributed by atoms with Gasteiger partial charge in [0.15, 0.2) is 0 Å². The average Bonchev–Trinajstić information content (AvgIpc) is 2.76. The third-order valence-corrected chi connectivity index (χ3v) is 2.55. The van der Waals surface area contributed by atoms with Crippen LogP contribution in [0, 0.1) is 0 Å². The maximum absolute atomic E-state index is 11.7. The third kappa shape index (κ3) is 2.96. The Morgan fingerprint density at radius 1 is 1.35 bits per heavy atom. The van der Waals surface area contributed by atoms with Crippen molar-refractivity contribution in [3.05, 3.63) is 35.9 Å². The predicted octanol–water partition coefficient (Wildman–Crippen LogP) is 0.869. The van der Waals surface area contributed by atoms with Gasteiger partial charge in [0.05, 0.1) is 6.54 Å². The monoisotopic (exact) mass is 234 g/mol. The van der Waals surface area contributed by atoms with Crippen LogP contribution in [0.5, 0.6) is 0 Å². The van der Waals surface area contributed by atoms with E-state index in [0.717, 1.165) is 0 Å². The molecule has 0 atom stereocenters. The first-order valence-electron chi connectivity index (χ1n) is 5.52. The van der Waals surface area contributed by atoms with Crippen LogP contribution in [0.3, 0.4) is 0 Å². The maximum atomic E-state index is 11.7. The number of ether oxygens (including phenoxy) is 1. The number of rotatable bonds is 4. The molecular weight excluding hydrogens is 220 g/mol. The Kier molecular flexibility index (Phi) is 3.59. The minimum Gasteiger partial charge on any atom is -0.448 e. The summed E-state index contributed by atoms with van der Waals surface area (Å²) in [6, 6.07) is 8.98. The highest BCUT2D eigenvalue weighted by Gasteiger charge is 2.21. The lowest BCUT2D eigenvalue weighted by atomic mass is 10.2. The number of cyclic esters (lactones) is 1. The summed E-state index contributed by atoms with van der Waals surface area (Å²) in [4.78, 5) is 24.3. The van der Waals surface area contributed by atoms with Crippen molar-refractivity contribution in [1.29, 1.82) is 0 Å². The molecule has 0 aliphatic carbocycles. The second-order valence-electron chi connectivity index (χ2n) is 3.72. The molecule has 1 N–H and O–H groups in total. The lowest BCUT2D eigenvalue weighted by Gasteiger charge is -2.12.